The number of fused-ring (bicyclic) bond motifs is 3. The number of hydrogen-bond donors (Lipinski definition) is 0. The Morgan fingerprint density at radius 1 is 1.07 bits per heavy atom. The van der Waals surface area contributed by atoms with E-state index in [0.717, 1.165) is 36.3 Å². The normalized spacial score (nSPS) is 21.0. The van der Waals surface area contributed by atoms with Crippen LogP contribution in [0.15, 0.2) is 48.8 Å². The molecule has 2 aliphatic heterocycles. The summed E-state index contributed by atoms with van der Waals surface area (Å²) in [5.41, 5.74) is 1.09. The molecule has 2 atom stereocenters. The van der Waals surface area contributed by atoms with Crippen molar-refractivity contribution in [3.63, 3.8) is 0 Å². The Kier molecular flexibility index (Phi) is 3.74. The number of pyridine rings is 1. The SMILES string of the molecule is O=C(c1ccncc1F)N1C2CCC1Cn1c(nnc1-c1ccccc1)C2. The monoisotopic (exact) mass is 363 g/mol. The molecule has 4 heterocycles. The van der Waals surface area contributed by atoms with Gasteiger partial charge in [0.2, 0.25) is 0 Å². The first-order chi connectivity index (χ1) is 13.2. The topological polar surface area (TPSA) is 63.9 Å². The fourth-order valence-corrected chi connectivity index (χ4v) is 4.26. The first kappa shape index (κ1) is 16.1. The van der Waals surface area contributed by atoms with Crippen LogP contribution in [0.1, 0.15) is 29.0 Å². The number of amides is 1. The van der Waals surface area contributed by atoms with Gasteiger partial charge in [-0.25, -0.2) is 4.39 Å². The Morgan fingerprint density at radius 2 is 1.89 bits per heavy atom. The van der Waals surface area contributed by atoms with Crippen LogP contribution in [0.4, 0.5) is 4.39 Å². The molecule has 1 saturated heterocycles. The predicted molar refractivity (Wildman–Crippen MR) is 96.3 cm³/mol. The Bertz CT molecular complexity index is 1000. The van der Waals surface area contributed by atoms with Gasteiger partial charge in [-0.1, -0.05) is 30.3 Å². The molecule has 27 heavy (non-hydrogen) atoms. The van der Waals surface area contributed by atoms with Gasteiger partial charge < -0.3 is 9.47 Å². The van der Waals surface area contributed by atoms with Crippen molar-refractivity contribution < 1.29 is 9.18 Å². The summed E-state index contributed by atoms with van der Waals surface area (Å²) >= 11 is 0. The molecule has 3 aromatic rings. The summed E-state index contributed by atoms with van der Waals surface area (Å²) in [7, 11) is 0. The third-order valence-electron chi connectivity index (χ3n) is 5.53. The molecule has 7 heteroatoms. The van der Waals surface area contributed by atoms with Crippen molar-refractivity contribution in [2.75, 3.05) is 0 Å². The standard InChI is InChI=1S/C20H18FN5O/c21-17-11-22-9-8-16(17)20(27)26-14-6-7-15(26)12-25-18(10-14)23-24-19(25)13-4-2-1-3-5-13/h1-5,8-9,11,14-15H,6-7,10,12H2. The zero-order valence-electron chi connectivity index (χ0n) is 14.6. The molecule has 2 aromatic heterocycles. The minimum Gasteiger partial charge on any atom is -0.330 e. The maximum Gasteiger partial charge on any atom is 0.257 e. The molecule has 2 bridgehead atoms. The van der Waals surface area contributed by atoms with Crippen LogP contribution in [-0.4, -0.2) is 42.6 Å². The average molecular weight is 363 g/mol. The van der Waals surface area contributed by atoms with Crippen molar-refractivity contribution in [3.05, 3.63) is 66.0 Å². The summed E-state index contributed by atoms with van der Waals surface area (Å²) in [4.78, 5) is 18.7. The highest BCUT2D eigenvalue weighted by atomic mass is 19.1. The van der Waals surface area contributed by atoms with Crippen molar-refractivity contribution in [2.24, 2.45) is 0 Å². The molecule has 0 aliphatic carbocycles. The van der Waals surface area contributed by atoms with Crippen LogP contribution in [0.3, 0.4) is 0 Å². The Morgan fingerprint density at radius 3 is 2.70 bits per heavy atom. The van der Waals surface area contributed by atoms with Gasteiger partial charge in [0, 0.05) is 30.8 Å². The van der Waals surface area contributed by atoms with Gasteiger partial charge in [-0.3, -0.25) is 9.78 Å². The van der Waals surface area contributed by atoms with E-state index in [0.29, 0.717) is 13.0 Å². The van der Waals surface area contributed by atoms with Crippen molar-refractivity contribution in [3.8, 4) is 11.4 Å². The maximum absolute atomic E-state index is 14.1. The number of nitrogens with zero attached hydrogens (tertiary/aromatic N) is 5. The minimum atomic E-state index is -0.574. The van der Waals surface area contributed by atoms with Crippen LogP contribution >= 0.6 is 0 Å². The summed E-state index contributed by atoms with van der Waals surface area (Å²) in [6.45, 7) is 0.626. The summed E-state index contributed by atoms with van der Waals surface area (Å²) in [5, 5.41) is 8.78. The summed E-state index contributed by atoms with van der Waals surface area (Å²) < 4.78 is 16.2. The molecule has 1 amide bonds. The Labute approximate surface area is 155 Å². The lowest BCUT2D eigenvalue weighted by Crippen LogP contribution is -2.42. The van der Waals surface area contributed by atoms with Crippen molar-refractivity contribution in [1.82, 2.24) is 24.6 Å². The molecular weight excluding hydrogens is 345 g/mol. The molecule has 0 N–H and O–H groups in total. The molecule has 5 rings (SSSR count). The fourth-order valence-electron chi connectivity index (χ4n) is 4.26. The molecule has 1 fully saturated rings. The highest BCUT2D eigenvalue weighted by molar-refractivity contribution is 5.95. The third kappa shape index (κ3) is 2.61. The first-order valence-corrected chi connectivity index (χ1v) is 9.12. The van der Waals surface area contributed by atoms with Gasteiger partial charge in [0.15, 0.2) is 11.6 Å². The highest BCUT2D eigenvalue weighted by Crippen LogP contribution is 2.34. The molecule has 0 radical (unpaired) electrons. The number of hydrogen-bond acceptors (Lipinski definition) is 4. The average Bonchev–Trinajstić information content (AvgIpc) is 3.22. The second-order valence-corrected chi connectivity index (χ2v) is 7.07. The number of carbonyl (C=O) groups is 1. The van der Waals surface area contributed by atoms with Gasteiger partial charge in [-0.2, -0.15) is 0 Å². The number of benzene rings is 1. The quantitative estimate of drug-likeness (QED) is 0.702. The fraction of sp³-hybridized carbons (Fsp3) is 0.300. The van der Waals surface area contributed by atoms with Crippen LogP contribution in [0, 0.1) is 5.82 Å². The molecule has 0 spiro atoms. The molecule has 2 unspecified atom stereocenters. The van der Waals surface area contributed by atoms with Crippen LogP contribution in [-0.2, 0) is 13.0 Å². The first-order valence-electron chi connectivity index (χ1n) is 9.12. The van der Waals surface area contributed by atoms with E-state index < -0.39 is 5.82 Å². The van der Waals surface area contributed by atoms with E-state index in [-0.39, 0.29) is 23.6 Å². The summed E-state index contributed by atoms with van der Waals surface area (Å²) in [6, 6.07) is 11.4. The highest BCUT2D eigenvalue weighted by Gasteiger charge is 2.42. The van der Waals surface area contributed by atoms with Crippen molar-refractivity contribution >= 4 is 5.91 Å². The second kappa shape index (κ2) is 6.26. The number of aromatic nitrogens is 4. The van der Waals surface area contributed by atoms with Crippen LogP contribution in [0.2, 0.25) is 0 Å². The summed E-state index contributed by atoms with van der Waals surface area (Å²) in [6.07, 6.45) is 4.98. The van der Waals surface area contributed by atoms with Crippen LogP contribution < -0.4 is 0 Å². The van der Waals surface area contributed by atoms with Crippen molar-refractivity contribution in [2.45, 2.75) is 37.9 Å². The smallest absolute Gasteiger partial charge is 0.257 e. The second-order valence-electron chi connectivity index (χ2n) is 7.07. The van der Waals surface area contributed by atoms with E-state index in [4.69, 9.17) is 0 Å². The van der Waals surface area contributed by atoms with Gasteiger partial charge in [-0.15, -0.1) is 10.2 Å². The van der Waals surface area contributed by atoms with E-state index in [1.54, 1.807) is 0 Å². The largest absolute Gasteiger partial charge is 0.330 e. The number of halogens is 1. The van der Waals surface area contributed by atoms with Gasteiger partial charge in [-0.05, 0) is 18.9 Å². The third-order valence-corrected chi connectivity index (χ3v) is 5.53. The van der Waals surface area contributed by atoms with Crippen LogP contribution in [0.25, 0.3) is 11.4 Å². The Hall–Kier alpha value is -3.09. The lowest BCUT2D eigenvalue weighted by Gasteiger charge is -2.28. The van der Waals surface area contributed by atoms with Gasteiger partial charge in [0.05, 0.1) is 17.8 Å². The zero-order valence-corrected chi connectivity index (χ0v) is 14.6. The van der Waals surface area contributed by atoms with Gasteiger partial charge >= 0.3 is 0 Å². The lowest BCUT2D eigenvalue weighted by atomic mass is 10.1. The van der Waals surface area contributed by atoms with Gasteiger partial charge in [0.25, 0.3) is 5.91 Å². The molecule has 0 saturated carbocycles. The number of rotatable bonds is 2. The number of carbonyl (C=O) groups excluding carboxylic acids is 1. The van der Waals surface area contributed by atoms with E-state index in [1.807, 2.05) is 35.2 Å². The van der Waals surface area contributed by atoms with Crippen molar-refractivity contribution in [1.29, 1.82) is 0 Å². The van der Waals surface area contributed by atoms with E-state index in [9.17, 15) is 9.18 Å². The minimum absolute atomic E-state index is 0.00905. The molecule has 6 nitrogen and oxygen atoms in total. The van der Waals surface area contributed by atoms with Gasteiger partial charge in [0.1, 0.15) is 5.82 Å². The summed E-state index contributed by atoms with van der Waals surface area (Å²) in [5.74, 6) is 0.868. The van der Waals surface area contributed by atoms with Crippen LogP contribution in [0.5, 0.6) is 0 Å². The Balaban J connectivity index is 1.51. The molecule has 2 aliphatic rings. The maximum atomic E-state index is 14.1. The van der Waals surface area contributed by atoms with E-state index in [1.165, 1.54) is 12.3 Å². The molecule has 136 valence electrons. The van der Waals surface area contributed by atoms with E-state index >= 15 is 0 Å². The molecule has 1 aromatic carbocycles. The predicted octanol–water partition coefficient (Wildman–Crippen LogP) is 2.71. The van der Waals surface area contributed by atoms with E-state index in [2.05, 4.69) is 19.7 Å². The zero-order chi connectivity index (χ0) is 18.4. The lowest BCUT2D eigenvalue weighted by molar-refractivity contribution is 0.0661. The molecular formula is C20H18FN5O.